The van der Waals surface area contributed by atoms with Crippen LogP contribution in [0.15, 0.2) is 48.5 Å². The Hall–Kier alpha value is -2.56. The van der Waals surface area contributed by atoms with Crippen LogP contribution in [-0.4, -0.2) is 38.1 Å². The number of nitrogens with zero attached hydrogens (tertiary/aromatic N) is 1. The van der Waals surface area contributed by atoms with Gasteiger partial charge in [-0.05, 0) is 29.8 Å². The van der Waals surface area contributed by atoms with Crippen LogP contribution >= 0.6 is 0 Å². The van der Waals surface area contributed by atoms with E-state index >= 15 is 0 Å². The van der Waals surface area contributed by atoms with E-state index < -0.39 is 0 Å². The Kier molecular flexibility index (Phi) is 5.97. The SMILES string of the molecule is CN(C)C(=O)Cc1ccc(NCCOc2cccc(F)c2)cc1. The Balaban J connectivity index is 1.75. The maximum absolute atomic E-state index is 13.0. The summed E-state index contributed by atoms with van der Waals surface area (Å²) in [7, 11) is 3.49. The number of anilines is 1. The van der Waals surface area contributed by atoms with Gasteiger partial charge < -0.3 is 15.0 Å². The van der Waals surface area contributed by atoms with Crippen molar-refractivity contribution in [2.75, 3.05) is 32.6 Å². The standard InChI is InChI=1S/C18H21FN2O2/c1-21(2)18(22)12-14-6-8-16(9-7-14)20-10-11-23-17-5-3-4-15(19)13-17/h3-9,13,20H,10-12H2,1-2H3. The fraction of sp³-hybridized carbons (Fsp3) is 0.278. The van der Waals surface area contributed by atoms with E-state index in [9.17, 15) is 9.18 Å². The summed E-state index contributed by atoms with van der Waals surface area (Å²) in [5.41, 5.74) is 1.93. The van der Waals surface area contributed by atoms with Gasteiger partial charge in [-0.1, -0.05) is 18.2 Å². The molecule has 0 aromatic heterocycles. The molecule has 1 N–H and O–H groups in total. The van der Waals surface area contributed by atoms with Crippen molar-refractivity contribution < 1.29 is 13.9 Å². The van der Waals surface area contributed by atoms with Gasteiger partial charge in [-0.15, -0.1) is 0 Å². The minimum atomic E-state index is -0.307. The molecule has 2 aromatic rings. The average molecular weight is 316 g/mol. The second kappa shape index (κ2) is 8.17. The second-order valence-electron chi connectivity index (χ2n) is 5.39. The molecule has 2 aromatic carbocycles. The number of benzene rings is 2. The van der Waals surface area contributed by atoms with Gasteiger partial charge in [0.15, 0.2) is 0 Å². The van der Waals surface area contributed by atoms with Crippen LogP contribution in [0.4, 0.5) is 10.1 Å². The van der Waals surface area contributed by atoms with Crippen LogP contribution in [-0.2, 0) is 11.2 Å². The van der Waals surface area contributed by atoms with E-state index in [-0.39, 0.29) is 11.7 Å². The lowest BCUT2D eigenvalue weighted by Crippen LogP contribution is -2.23. The van der Waals surface area contributed by atoms with Crippen molar-refractivity contribution in [3.05, 3.63) is 59.9 Å². The molecular formula is C18H21FN2O2. The molecule has 0 fully saturated rings. The molecule has 0 bridgehead atoms. The van der Waals surface area contributed by atoms with Gasteiger partial charge in [-0.2, -0.15) is 0 Å². The van der Waals surface area contributed by atoms with E-state index in [0.29, 0.717) is 25.3 Å². The Labute approximate surface area is 135 Å². The zero-order chi connectivity index (χ0) is 16.7. The van der Waals surface area contributed by atoms with Gasteiger partial charge in [0.1, 0.15) is 18.2 Å². The molecule has 0 aliphatic carbocycles. The second-order valence-corrected chi connectivity index (χ2v) is 5.39. The molecule has 0 aliphatic rings. The molecule has 0 heterocycles. The summed E-state index contributed by atoms with van der Waals surface area (Å²) in [6.45, 7) is 1.04. The van der Waals surface area contributed by atoms with E-state index in [1.165, 1.54) is 12.1 Å². The molecule has 5 heteroatoms. The molecule has 0 saturated carbocycles. The molecule has 0 saturated heterocycles. The highest BCUT2D eigenvalue weighted by atomic mass is 19.1. The van der Waals surface area contributed by atoms with Crippen LogP contribution < -0.4 is 10.1 Å². The van der Waals surface area contributed by atoms with Crippen molar-refractivity contribution in [2.45, 2.75) is 6.42 Å². The van der Waals surface area contributed by atoms with Gasteiger partial charge in [0.25, 0.3) is 0 Å². The highest BCUT2D eigenvalue weighted by molar-refractivity contribution is 5.78. The van der Waals surface area contributed by atoms with Crippen molar-refractivity contribution in [1.82, 2.24) is 4.90 Å². The lowest BCUT2D eigenvalue weighted by Gasteiger charge is -2.11. The summed E-state index contributed by atoms with van der Waals surface area (Å²) in [4.78, 5) is 13.2. The smallest absolute Gasteiger partial charge is 0.226 e. The third-order valence-electron chi connectivity index (χ3n) is 3.30. The molecular weight excluding hydrogens is 295 g/mol. The zero-order valence-electron chi connectivity index (χ0n) is 13.4. The van der Waals surface area contributed by atoms with Crippen molar-refractivity contribution in [3.63, 3.8) is 0 Å². The first-order valence-corrected chi connectivity index (χ1v) is 7.46. The summed E-state index contributed by atoms with van der Waals surface area (Å²) in [5.74, 6) is 0.289. The average Bonchev–Trinajstić information content (AvgIpc) is 2.53. The van der Waals surface area contributed by atoms with Crippen LogP contribution in [0, 0.1) is 5.82 Å². The highest BCUT2D eigenvalue weighted by Gasteiger charge is 2.05. The minimum absolute atomic E-state index is 0.0780. The first-order chi connectivity index (χ1) is 11.0. The van der Waals surface area contributed by atoms with E-state index in [4.69, 9.17) is 4.74 Å². The molecule has 4 nitrogen and oxygen atoms in total. The lowest BCUT2D eigenvalue weighted by atomic mass is 10.1. The van der Waals surface area contributed by atoms with E-state index in [1.54, 1.807) is 31.1 Å². The molecule has 0 unspecified atom stereocenters. The van der Waals surface area contributed by atoms with Gasteiger partial charge in [0.2, 0.25) is 5.91 Å². The summed E-state index contributed by atoms with van der Waals surface area (Å²) in [6.07, 6.45) is 0.399. The number of carbonyl (C=O) groups excluding carboxylic acids is 1. The minimum Gasteiger partial charge on any atom is -0.492 e. The Morgan fingerprint density at radius 2 is 1.91 bits per heavy atom. The number of likely N-dealkylation sites (N-methyl/N-ethyl adjacent to an activating group) is 1. The summed E-state index contributed by atoms with van der Waals surface area (Å²) in [5, 5.41) is 3.22. The van der Waals surface area contributed by atoms with Crippen molar-refractivity contribution in [3.8, 4) is 5.75 Å². The van der Waals surface area contributed by atoms with Crippen molar-refractivity contribution in [2.24, 2.45) is 0 Å². The predicted molar refractivity (Wildman–Crippen MR) is 89.2 cm³/mol. The monoisotopic (exact) mass is 316 g/mol. The van der Waals surface area contributed by atoms with Crippen molar-refractivity contribution >= 4 is 11.6 Å². The van der Waals surface area contributed by atoms with Crippen LogP contribution in [0.1, 0.15) is 5.56 Å². The number of nitrogens with one attached hydrogen (secondary N) is 1. The first-order valence-electron chi connectivity index (χ1n) is 7.46. The molecule has 0 atom stereocenters. The van der Waals surface area contributed by atoms with Crippen LogP contribution in [0.25, 0.3) is 0 Å². The molecule has 23 heavy (non-hydrogen) atoms. The number of ether oxygens (including phenoxy) is 1. The number of amides is 1. The van der Waals surface area contributed by atoms with Gasteiger partial charge in [-0.3, -0.25) is 4.79 Å². The fourth-order valence-electron chi connectivity index (χ4n) is 1.99. The number of carbonyl (C=O) groups is 1. The van der Waals surface area contributed by atoms with E-state index in [0.717, 1.165) is 11.3 Å². The first kappa shape index (κ1) is 16.8. The number of hydrogen-bond donors (Lipinski definition) is 1. The highest BCUT2D eigenvalue weighted by Crippen LogP contribution is 2.13. The number of rotatable bonds is 7. The van der Waals surface area contributed by atoms with Gasteiger partial charge >= 0.3 is 0 Å². The normalized spacial score (nSPS) is 10.2. The maximum atomic E-state index is 13.0. The van der Waals surface area contributed by atoms with E-state index in [1.807, 2.05) is 24.3 Å². The fourth-order valence-corrected chi connectivity index (χ4v) is 1.99. The third-order valence-corrected chi connectivity index (χ3v) is 3.30. The Morgan fingerprint density at radius 3 is 2.57 bits per heavy atom. The molecule has 122 valence electrons. The lowest BCUT2D eigenvalue weighted by molar-refractivity contribution is -0.127. The maximum Gasteiger partial charge on any atom is 0.226 e. The Bertz CT molecular complexity index is 642. The Morgan fingerprint density at radius 1 is 1.17 bits per heavy atom. The molecule has 0 radical (unpaired) electrons. The molecule has 1 amide bonds. The largest absolute Gasteiger partial charge is 0.492 e. The van der Waals surface area contributed by atoms with Crippen LogP contribution in [0.3, 0.4) is 0 Å². The van der Waals surface area contributed by atoms with Gasteiger partial charge in [-0.25, -0.2) is 4.39 Å². The van der Waals surface area contributed by atoms with Crippen molar-refractivity contribution in [1.29, 1.82) is 0 Å². The number of hydrogen-bond acceptors (Lipinski definition) is 3. The summed E-state index contributed by atoms with van der Waals surface area (Å²) in [6, 6.07) is 13.8. The topological polar surface area (TPSA) is 41.6 Å². The number of halogens is 1. The predicted octanol–water partition coefficient (Wildman–Crippen LogP) is 2.95. The summed E-state index contributed by atoms with van der Waals surface area (Å²) >= 11 is 0. The van der Waals surface area contributed by atoms with Crippen LogP contribution in [0.5, 0.6) is 5.75 Å². The molecule has 2 rings (SSSR count). The quantitative estimate of drug-likeness (QED) is 0.799. The summed E-state index contributed by atoms with van der Waals surface area (Å²) < 4.78 is 18.5. The van der Waals surface area contributed by atoms with E-state index in [2.05, 4.69) is 5.32 Å². The van der Waals surface area contributed by atoms with Gasteiger partial charge in [0.05, 0.1) is 6.42 Å². The third kappa shape index (κ3) is 5.62. The van der Waals surface area contributed by atoms with Crippen LogP contribution in [0.2, 0.25) is 0 Å². The molecule has 0 aliphatic heterocycles. The molecule has 0 spiro atoms. The van der Waals surface area contributed by atoms with Gasteiger partial charge in [0, 0.05) is 32.4 Å². The zero-order valence-corrected chi connectivity index (χ0v) is 13.4.